The zero-order chi connectivity index (χ0) is 18.1. The minimum Gasteiger partial charge on any atom is -0.494 e. The molecule has 0 aliphatic rings. The van der Waals surface area contributed by atoms with Gasteiger partial charge in [-0.25, -0.2) is 12.8 Å². The summed E-state index contributed by atoms with van der Waals surface area (Å²) in [6.07, 6.45) is 0. The molecule has 0 bridgehead atoms. The molecule has 0 saturated heterocycles. The molecule has 0 spiro atoms. The summed E-state index contributed by atoms with van der Waals surface area (Å²) < 4.78 is 44.8. The summed E-state index contributed by atoms with van der Waals surface area (Å²) in [6, 6.07) is 7.15. The van der Waals surface area contributed by atoms with Crippen LogP contribution in [0.15, 0.2) is 41.3 Å². The van der Waals surface area contributed by atoms with Crippen molar-refractivity contribution in [3.63, 3.8) is 0 Å². The summed E-state index contributed by atoms with van der Waals surface area (Å²) in [5, 5.41) is 10.9. The zero-order valence-corrected chi connectivity index (χ0v) is 14.0. The maximum Gasteiger partial charge on any atom is 0.271 e. The van der Waals surface area contributed by atoms with Crippen LogP contribution in [0.1, 0.15) is 5.56 Å². The molecule has 0 fully saturated rings. The van der Waals surface area contributed by atoms with Crippen molar-refractivity contribution in [1.82, 2.24) is 0 Å². The average molecular weight is 354 g/mol. The second-order valence-electron chi connectivity index (χ2n) is 5.00. The Morgan fingerprint density at radius 2 is 1.88 bits per heavy atom. The number of nitro benzene ring substituents is 1. The van der Waals surface area contributed by atoms with E-state index in [9.17, 15) is 22.9 Å². The van der Waals surface area contributed by atoms with E-state index in [-0.39, 0.29) is 22.0 Å². The first-order valence-corrected chi connectivity index (χ1v) is 8.20. The number of benzene rings is 2. The van der Waals surface area contributed by atoms with E-state index in [1.807, 2.05) is 0 Å². The largest absolute Gasteiger partial charge is 0.494 e. The van der Waals surface area contributed by atoms with E-state index < -0.39 is 20.8 Å². The Bertz CT molecular complexity index is 899. The van der Waals surface area contributed by atoms with Crippen molar-refractivity contribution in [3.8, 4) is 5.75 Å². The lowest BCUT2D eigenvalue weighted by Gasteiger charge is -2.21. The van der Waals surface area contributed by atoms with Gasteiger partial charge in [0.25, 0.3) is 15.7 Å². The summed E-state index contributed by atoms with van der Waals surface area (Å²) in [6.45, 7) is 1.62. The van der Waals surface area contributed by atoms with Crippen LogP contribution in [0.4, 0.5) is 15.8 Å². The minimum atomic E-state index is -4.09. The molecule has 2 aromatic rings. The molecule has 0 radical (unpaired) electrons. The second kappa shape index (κ2) is 6.44. The number of sulfonamides is 1. The summed E-state index contributed by atoms with van der Waals surface area (Å²) in [5.41, 5.74) is 0.430. The number of anilines is 1. The van der Waals surface area contributed by atoms with Crippen LogP contribution in [0.3, 0.4) is 0 Å². The van der Waals surface area contributed by atoms with Gasteiger partial charge in [-0.2, -0.15) is 0 Å². The number of rotatable bonds is 5. The number of hydrogen-bond donors (Lipinski definition) is 0. The van der Waals surface area contributed by atoms with Crippen molar-refractivity contribution in [1.29, 1.82) is 0 Å². The highest BCUT2D eigenvalue weighted by atomic mass is 32.2. The second-order valence-corrected chi connectivity index (χ2v) is 6.97. The lowest BCUT2D eigenvalue weighted by molar-refractivity contribution is -0.384. The van der Waals surface area contributed by atoms with Gasteiger partial charge in [-0.05, 0) is 30.7 Å². The molecule has 0 saturated carbocycles. The van der Waals surface area contributed by atoms with E-state index in [1.165, 1.54) is 38.4 Å². The number of aryl methyl sites for hydroxylation is 1. The molecular formula is C15H15FN2O5S. The van der Waals surface area contributed by atoms with Crippen molar-refractivity contribution < 1.29 is 22.5 Å². The van der Waals surface area contributed by atoms with Gasteiger partial charge >= 0.3 is 0 Å². The van der Waals surface area contributed by atoms with Gasteiger partial charge in [0.15, 0.2) is 11.6 Å². The minimum absolute atomic E-state index is 0.0804. The summed E-state index contributed by atoms with van der Waals surface area (Å²) in [4.78, 5) is 10.00. The fraction of sp³-hybridized carbons (Fsp3) is 0.200. The van der Waals surface area contributed by atoms with Gasteiger partial charge in [0, 0.05) is 19.2 Å². The topological polar surface area (TPSA) is 89.8 Å². The van der Waals surface area contributed by atoms with E-state index in [4.69, 9.17) is 4.74 Å². The third-order valence-electron chi connectivity index (χ3n) is 3.52. The summed E-state index contributed by atoms with van der Waals surface area (Å²) in [5.74, 6) is -0.897. The lowest BCUT2D eigenvalue weighted by Crippen LogP contribution is -2.27. The van der Waals surface area contributed by atoms with Gasteiger partial charge in [0.1, 0.15) is 0 Å². The molecule has 2 aromatic carbocycles. The van der Waals surface area contributed by atoms with Crippen molar-refractivity contribution >= 4 is 21.4 Å². The van der Waals surface area contributed by atoms with Gasteiger partial charge in [-0.1, -0.05) is 6.07 Å². The monoisotopic (exact) mass is 354 g/mol. The summed E-state index contributed by atoms with van der Waals surface area (Å²) in [7, 11) is -1.57. The molecular weight excluding hydrogens is 339 g/mol. The molecule has 0 aliphatic heterocycles. The molecule has 0 N–H and O–H groups in total. The van der Waals surface area contributed by atoms with Crippen molar-refractivity contribution in [2.75, 3.05) is 18.5 Å². The van der Waals surface area contributed by atoms with E-state index in [2.05, 4.69) is 0 Å². The predicted molar refractivity (Wildman–Crippen MR) is 86.4 cm³/mol. The molecule has 0 unspecified atom stereocenters. The van der Waals surface area contributed by atoms with Crippen LogP contribution in [0.25, 0.3) is 0 Å². The van der Waals surface area contributed by atoms with Gasteiger partial charge in [-0.15, -0.1) is 0 Å². The Balaban J connectivity index is 2.52. The molecule has 0 heterocycles. The molecule has 0 aliphatic carbocycles. The molecule has 128 valence electrons. The van der Waals surface area contributed by atoms with E-state index in [0.717, 1.165) is 16.4 Å². The summed E-state index contributed by atoms with van der Waals surface area (Å²) >= 11 is 0. The van der Waals surface area contributed by atoms with Crippen molar-refractivity contribution in [3.05, 3.63) is 57.9 Å². The third-order valence-corrected chi connectivity index (χ3v) is 5.29. The smallest absolute Gasteiger partial charge is 0.271 e. The van der Waals surface area contributed by atoms with Crippen LogP contribution in [-0.4, -0.2) is 27.5 Å². The zero-order valence-electron chi connectivity index (χ0n) is 13.2. The average Bonchev–Trinajstić information content (AvgIpc) is 2.54. The molecule has 7 nitrogen and oxygen atoms in total. The molecule has 0 amide bonds. The number of halogens is 1. The van der Waals surface area contributed by atoms with Crippen LogP contribution in [0, 0.1) is 22.9 Å². The van der Waals surface area contributed by atoms with Crippen LogP contribution >= 0.6 is 0 Å². The Kier molecular flexibility index (Phi) is 4.74. The third kappa shape index (κ3) is 3.16. The number of non-ortho nitro benzene ring substituents is 1. The lowest BCUT2D eigenvalue weighted by atomic mass is 10.2. The SMILES string of the molecule is COc1ccc(S(=O)(=O)N(C)c2cc([N+](=O)[O-])ccc2C)cc1F. The van der Waals surface area contributed by atoms with Gasteiger partial charge in [-0.3, -0.25) is 14.4 Å². The number of hydrogen-bond acceptors (Lipinski definition) is 5. The fourth-order valence-corrected chi connectivity index (χ4v) is 3.41. The number of methoxy groups -OCH3 is 1. The maximum absolute atomic E-state index is 13.8. The van der Waals surface area contributed by atoms with Crippen LogP contribution in [-0.2, 0) is 10.0 Å². The highest BCUT2D eigenvalue weighted by Gasteiger charge is 2.25. The number of ether oxygens (including phenoxy) is 1. The highest BCUT2D eigenvalue weighted by molar-refractivity contribution is 7.92. The van der Waals surface area contributed by atoms with Gasteiger partial charge < -0.3 is 4.74 Å². The number of nitro groups is 1. The molecule has 0 aromatic heterocycles. The first kappa shape index (κ1) is 17.7. The molecule has 9 heteroatoms. The standard InChI is InChI=1S/C15H15FN2O5S/c1-10-4-5-11(18(19)20)8-14(10)17(2)24(21,22)12-6-7-15(23-3)13(16)9-12/h4-9H,1-3H3. The van der Waals surface area contributed by atoms with E-state index in [0.29, 0.717) is 5.56 Å². The maximum atomic E-state index is 13.8. The Labute approximate surface area is 138 Å². The van der Waals surface area contributed by atoms with Gasteiger partial charge in [0.2, 0.25) is 0 Å². The Morgan fingerprint density at radius 1 is 1.21 bits per heavy atom. The Hall–Kier alpha value is -2.68. The molecule has 24 heavy (non-hydrogen) atoms. The molecule has 2 rings (SSSR count). The van der Waals surface area contributed by atoms with Crippen molar-refractivity contribution in [2.45, 2.75) is 11.8 Å². The normalized spacial score (nSPS) is 11.2. The van der Waals surface area contributed by atoms with E-state index >= 15 is 0 Å². The first-order chi connectivity index (χ1) is 11.2. The molecule has 0 atom stereocenters. The van der Waals surface area contributed by atoms with Crippen molar-refractivity contribution in [2.24, 2.45) is 0 Å². The predicted octanol–water partition coefficient (Wildman–Crippen LogP) is 2.88. The Morgan fingerprint density at radius 3 is 2.42 bits per heavy atom. The number of nitrogens with zero attached hydrogens (tertiary/aromatic N) is 2. The van der Waals surface area contributed by atoms with E-state index in [1.54, 1.807) is 6.92 Å². The first-order valence-electron chi connectivity index (χ1n) is 6.76. The van der Waals surface area contributed by atoms with Crippen LogP contribution < -0.4 is 9.04 Å². The highest BCUT2D eigenvalue weighted by Crippen LogP contribution is 2.30. The fourth-order valence-electron chi connectivity index (χ4n) is 2.15. The quantitative estimate of drug-likeness (QED) is 0.608. The van der Waals surface area contributed by atoms with Crippen LogP contribution in [0.5, 0.6) is 5.75 Å². The van der Waals surface area contributed by atoms with Crippen LogP contribution in [0.2, 0.25) is 0 Å². The van der Waals surface area contributed by atoms with Gasteiger partial charge in [0.05, 0.1) is 22.6 Å².